The zero-order chi connectivity index (χ0) is 15.0. The van der Waals surface area contributed by atoms with Crippen molar-refractivity contribution >= 4 is 27.0 Å². The summed E-state index contributed by atoms with van der Waals surface area (Å²) in [6.07, 6.45) is 0.549. The summed E-state index contributed by atoms with van der Waals surface area (Å²) in [6.45, 7) is 0. The molecule has 3 aromatic rings. The van der Waals surface area contributed by atoms with Crippen LogP contribution in [0, 0.1) is 5.82 Å². The van der Waals surface area contributed by atoms with E-state index in [1.165, 1.54) is 12.1 Å². The molecular formula is C16H15BrFN3. The van der Waals surface area contributed by atoms with E-state index in [4.69, 9.17) is 5.73 Å². The monoisotopic (exact) mass is 347 g/mol. The highest BCUT2D eigenvalue weighted by atomic mass is 79.9. The van der Waals surface area contributed by atoms with E-state index in [2.05, 4.69) is 20.9 Å². The molecule has 21 heavy (non-hydrogen) atoms. The van der Waals surface area contributed by atoms with Gasteiger partial charge in [-0.25, -0.2) is 9.37 Å². The smallest absolute Gasteiger partial charge is 0.123 e. The van der Waals surface area contributed by atoms with E-state index in [1.54, 1.807) is 6.07 Å². The Morgan fingerprint density at radius 2 is 2.05 bits per heavy atom. The zero-order valence-electron chi connectivity index (χ0n) is 11.6. The number of aromatic nitrogens is 2. The fourth-order valence-electron chi connectivity index (χ4n) is 2.48. The molecule has 0 bridgehead atoms. The second-order valence-corrected chi connectivity index (χ2v) is 5.91. The van der Waals surface area contributed by atoms with Crippen molar-refractivity contribution < 1.29 is 4.39 Å². The van der Waals surface area contributed by atoms with Gasteiger partial charge in [-0.3, -0.25) is 0 Å². The SMILES string of the molecule is Cn1c(CC(N)c2cc(F)ccc2Br)nc2ccccc21. The number of fused-ring (bicyclic) bond motifs is 1. The molecule has 2 N–H and O–H groups in total. The molecule has 0 saturated heterocycles. The lowest BCUT2D eigenvalue weighted by molar-refractivity contribution is 0.612. The first kappa shape index (κ1) is 14.2. The molecule has 0 aliphatic heterocycles. The predicted molar refractivity (Wildman–Crippen MR) is 85.4 cm³/mol. The van der Waals surface area contributed by atoms with Gasteiger partial charge in [-0.05, 0) is 35.9 Å². The van der Waals surface area contributed by atoms with Gasteiger partial charge in [0.15, 0.2) is 0 Å². The van der Waals surface area contributed by atoms with Crippen LogP contribution in [0.2, 0.25) is 0 Å². The number of hydrogen-bond acceptors (Lipinski definition) is 2. The fraction of sp³-hybridized carbons (Fsp3) is 0.188. The van der Waals surface area contributed by atoms with Crippen LogP contribution in [0.4, 0.5) is 4.39 Å². The largest absolute Gasteiger partial charge is 0.331 e. The maximum Gasteiger partial charge on any atom is 0.123 e. The van der Waals surface area contributed by atoms with Crippen molar-refractivity contribution in [2.24, 2.45) is 12.8 Å². The van der Waals surface area contributed by atoms with Gasteiger partial charge < -0.3 is 10.3 Å². The number of nitrogens with two attached hydrogens (primary N) is 1. The van der Waals surface area contributed by atoms with Gasteiger partial charge in [-0.2, -0.15) is 0 Å². The molecule has 2 aromatic carbocycles. The fourth-order valence-corrected chi connectivity index (χ4v) is 3.02. The second kappa shape index (κ2) is 5.58. The first-order valence-electron chi connectivity index (χ1n) is 6.67. The summed E-state index contributed by atoms with van der Waals surface area (Å²) in [6, 6.07) is 12.2. The van der Waals surface area contributed by atoms with Crippen molar-refractivity contribution in [1.29, 1.82) is 0 Å². The summed E-state index contributed by atoms with van der Waals surface area (Å²) in [5, 5.41) is 0. The van der Waals surface area contributed by atoms with Crippen molar-refractivity contribution in [3.8, 4) is 0 Å². The van der Waals surface area contributed by atoms with Crippen LogP contribution in [0.3, 0.4) is 0 Å². The number of rotatable bonds is 3. The Kier molecular flexibility index (Phi) is 3.78. The minimum absolute atomic E-state index is 0.284. The third-order valence-corrected chi connectivity index (χ3v) is 4.36. The lowest BCUT2D eigenvalue weighted by Gasteiger charge is -2.14. The first-order chi connectivity index (χ1) is 10.1. The lowest BCUT2D eigenvalue weighted by atomic mass is 10.0. The van der Waals surface area contributed by atoms with Crippen LogP contribution < -0.4 is 5.73 Å². The van der Waals surface area contributed by atoms with E-state index in [-0.39, 0.29) is 11.9 Å². The highest BCUT2D eigenvalue weighted by molar-refractivity contribution is 9.10. The van der Waals surface area contributed by atoms with Gasteiger partial charge in [0.1, 0.15) is 11.6 Å². The van der Waals surface area contributed by atoms with Gasteiger partial charge in [0.05, 0.1) is 11.0 Å². The molecule has 1 aromatic heterocycles. The molecule has 1 unspecified atom stereocenters. The number of aryl methyl sites for hydroxylation is 1. The van der Waals surface area contributed by atoms with E-state index >= 15 is 0 Å². The summed E-state index contributed by atoms with van der Waals surface area (Å²) >= 11 is 3.42. The highest BCUT2D eigenvalue weighted by Gasteiger charge is 2.15. The number of nitrogens with zero attached hydrogens (tertiary/aromatic N) is 2. The minimum Gasteiger partial charge on any atom is -0.331 e. The van der Waals surface area contributed by atoms with Crippen LogP contribution in [0.25, 0.3) is 11.0 Å². The number of halogens is 2. The molecule has 0 aliphatic rings. The number of benzene rings is 2. The Labute approximate surface area is 130 Å². The van der Waals surface area contributed by atoms with Crippen molar-refractivity contribution in [2.75, 3.05) is 0 Å². The Morgan fingerprint density at radius 3 is 2.81 bits per heavy atom. The van der Waals surface area contributed by atoms with E-state index < -0.39 is 0 Å². The van der Waals surface area contributed by atoms with Crippen molar-refractivity contribution in [1.82, 2.24) is 9.55 Å². The lowest BCUT2D eigenvalue weighted by Crippen LogP contribution is -2.16. The van der Waals surface area contributed by atoms with Crippen LogP contribution in [0.1, 0.15) is 17.4 Å². The van der Waals surface area contributed by atoms with Crippen molar-refractivity contribution in [2.45, 2.75) is 12.5 Å². The summed E-state index contributed by atoms with van der Waals surface area (Å²) in [5.74, 6) is 0.605. The highest BCUT2D eigenvalue weighted by Crippen LogP contribution is 2.26. The third kappa shape index (κ3) is 2.71. The second-order valence-electron chi connectivity index (χ2n) is 5.05. The molecule has 5 heteroatoms. The normalized spacial score (nSPS) is 12.8. The molecule has 0 aliphatic carbocycles. The van der Waals surface area contributed by atoms with Gasteiger partial charge >= 0.3 is 0 Å². The molecule has 0 radical (unpaired) electrons. The average Bonchev–Trinajstić information content (AvgIpc) is 2.78. The molecule has 0 amide bonds. The quantitative estimate of drug-likeness (QED) is 0.784. The summed E-state index contributed by atoms with van der Waals surface area (Å²) in [7, 11) is 1.97. The summed E-state index contributed by atoms with van der Waals surface area (Å²) in [4.78, 5) is 4.60. The van der Waals surface area contributed by atoms with Crippen LogP contribution in [-0.4, -0.2) is 9.55 Å². The van der Waals surface area contributed by atoms with Gasteiger partial charge in [0, 0.05) is 24.0 Å². The Bertz CT molecular complexity index is 797. The standard InChI is InChI=1S/C16H15BrFN3/c1-21-15-5-3-2-4-14(15)20-16(21)9-13(19)11-8-10(18)6-7-12(11)17/h2-8,13H,9,19H2,1H3. The molecule has 3 rings (SSSR count). The van der Waals surface area contributed by atoms with Crippen LogP contribution in [0.5, 0.6) is 0 Å². The number of para-hydroxylation sites is 2. The van der Waals surface area contributed by atoms with E-state index in [0.717, 1.165) is 26.9 Å². The topological polar surface area (TPSA) is 43.8 Å². The maximum absolute atomic E-state index is 13.4. The van der Waals surface area contributed by atoms with Crippen LogP contribution >= 0.6 is 15.9 Å². The third-order valence-electron chi connectivity index (χ3n) is 3.64. The minimum atomic E-state index is -0.314. The van der Waals surface area contributed by atoms with E-state index in [9.17, 15) is 4.39 Å². The average molecular weight is 348 g/mol. The zero-order valence-corrected chi connectivity index (χ0v) is 13.1. The molecule has 108 valence electrons. The molecular weight excluding hydrogens is 333 g/mol. The first-order valence-corrected chi connectivity index (χ1v) is 7.46. The molecule has 1 heterocycles. The van der Waals surface area contributed by atoms with Gasteiger partial charge in [-0.15, -0.1) is 0 Å². The Balaban J connectivity index is 1.94. The van der Waals surface area contributed by atoms with Crippen molar-refractivity contribution in [3.63, 3.8) is 0 Å². The van der Waals surface area contributed by atoms with Gasteiger partial charge in [-0.1, -0.05) is 28.1 Å². The van der Waals surface area contributed by atoms with Crippen LogP contribution in [-0.2, 0) is 13.5 Å². The van der Waals surface area contributed by atoms with E-state index in [1.807, 2.05) is 35.9 Å². The summed E-state index contributed by atoms with van der Waals surface area (Å²) in [5.41, 5.74) is 9.00. The Hall–Kier alpha value is -1.72. The molecule has 0 fully saturated rings. The van der Waals surface area contributed by atoms with E-state index in [0.29, 0.717) is 6.42 Å². The molecule has 0 saturated carbocycles. The van der Waals surface area contributed by atoms with Crippen molar-refractivity contribution in [3.05, 3.63) is 64.1 Å². The maximum atomic E-state index is 13.4. The van der Waals surface area contributed by atoms with Gasteiger partial charge in [0.25, 0.3) is 0 Å². The van der Waals surface area contributed by atoms with Crippen LogP contribution in [0.15, 0.2) is 46.9 Å². The number of hydrogen-bond donors (Lipinski definition) is 1. The molecule has 3 nitrogen and oxygen atoms in total. The summed E-state index contributed by atoms with van der Waals surface area (Å²) < 4.78 is 16.2. The Morgan fingerprint density at radius 1 is 1.29 bits per heavy atom. The van der Waals surface area contributed by atoms with Gasteiger partial charge in [0.2, 0.25) is 0 Å². The predicted octanol–water partition coefficient (Wildman–Crippen LogP) is 3.72. The molecule has 1 atom stereocenters. The number of imidazole rings is 1. The molecule has 0 spiro atoms.